The molecular formula is C26H27N3O5. The van der Waals surface area contributed by atoms with E-state index in [0.717, 1.165) is 21.4 Å². The minimum atomic E-state index is -0.802. The lowest BCUT2D eigenvalue weighted by Gasteiger charge is -2.39. The largest absolute Gasteiger partial charge is 0.443 e. The smallest absolute Gasteiger partial charge is 0.421 e. The molecule has 4 rings (SSSR count). The molecule has 0 saturated heterocycles. The molecule has 0 spiro atoms. The van der Waals surface area contributed by atoms with Gasteiger partial charge in [-0.1, -0.05) is 24.3 Å². The first-order chi connectivity index (χ1) is 16.1. The summed E-state index contributed by atoms with van der Waals surface area (Å²) in [5, 5.41) is 12.1. The molecule has 1 aliphatic carbocycles. The topological polar surface area (TPSA) is 103 Å². The predicted molar refractivity (Wildman–Crippen MR) is 129 cm³/mol. The highest BCUT2D eigenvalue weighted by Crippen LogP contribution is 2.46. The van der Waals surface area contributed by atoms with Gasteiger partial charge in [-0.3, -0.25) is 19.9 Å². The second kappa shape index (κ2) is 8.85. The highest BCUT2D eigenvalue weighted by Gasteiger charge is 2.44. The SMILES string of the molecule is Cc1ccc([N+](=O)[O-])cc1[C@H]1CC[C@H]1C(=O)N(C(=O)OC(C)(C)C)c1cccc2cccnc12. The Morgan fingerprint density at radius 1 is 1.12 bits per heavy atom. The summed E-state index contributed by atoms with van der Waals surface area (Å²) in [6.45, 7) is 7.10. The van der Waals surface area contributed by atoms with E-state index in [1.165, 1.54) is 12.1 Å². The van der Waals surface area contributed by atoms with Crippen LogP contribution in [-0.2, 0) is 9.53 Å². The fraction of sp³-hybridized carbons (Fsp3) is 0.346. The van der Waals surface area contributed by atoms with Crippen LogP contribution in [0.2, 0.25) is 0 Å². The van der Waals surface area contributed by atoms with Gasteiger partial charge in [-0.15, -0.1) is 0 Å². The number of ether oxygens (including phenoxy) is 1. The number of aryl methyl sites for hydroxylation is 1. The maximum absolute atomic E-state index is 13.9. The lowest BCUT2D eigenvalue weighted by Crippen LogP contribution is -2.48. The van der Waals surface area contributed by atoms with E-state index in [-0.39, 0.29) is 11.6 Å². The Labute approximate surface area is 197 Å². The molecule has 2 amide bonds. The van der Waals surface area contributed by atoms with Crippen LogP contribution in [0.4, 0.5) is 16.2 Å². The van der Waals surface area contributed by atoms with E-state index >= 15 is 0 Å². The second-order valence-electron chi connectivity index (χ2n) is 9.59. The number of nitrogens with zero attached hydrogens (tertiary/aromatic N) is 3. The van der Waals surface area contributed by atoms with E-state index in [1.54, 1.807) is 51.2 Å². The monoisotopic (exact) mass is 461 g/mol. The van der Waals surface area contributed by atoms with Crippen LogP contribution in [0.1, 0.15) is 50.7 Å². The lowest BCUT2D eigenvalue weighted by molar-refractivity contribution is -0.385. The molecule has 0 N–H and O–H groups in total. The summed E-state index contributed by atoms with van der Waals surface area (Å²) in [4.78, 5) is 43.6. The number of fused-ring (bicyclic) bond motifs is 1. The highest BCUT2D eigenvalue weighted by molar-refractivity contribution is 6.17. The number of aromatic nitrogens is 1. The molecule has 1 heterocycles. The number of rotatable bonds is 4. The van der Waals surface area contributed by atoms with Crippen LogP contribution in [0.15, 0.2) is 54.7 Å². The average molecular weight is 462 g/mol. The van der Waals surface area contributed by atoms with Crippen molar-refractivity contribution in [2.75, 3.05) is 4.90 Å². The summed E-state index contributed by atoms with van der Waals surface area (Å²) >= 11 is 0. The molecule has 1 aliphatic rings. The number of anilines is 1. The Bertz CT molecular complexity index is 1280. The first-order valence-corrected chi connectivity index (χ1v) is 11.2. The molecule has 176 valence electrons. The van der Waals surface area contributed by atoms with Gasteiger partial charge in [-0.25, -0.2) is 9.69 Å². The number of amides is 2. The van der Waals surface area contributed by atoms with Gasteiger partial charge in [0.2, 0.25) is 5.91 Å². The quantitative estimate of drug-likeness (QED) is 0.353. The normalized spacial score (nSPS) is 17.6. The van der Waals surface area contributed by atoms with Crippen LogP contribution < -0.4 is 4.90 Å². The minimum Gasteiger partial charge on any atom is -0.443 e. The van der Waals surface area contributed by atoms with Gasteiger partial charge in [-0.2, -0.15) is 0 Å². The summed E-state index contributed by atoms with van der Waals surface area (Å²) in [5.74, 6) is -1.12. The fourth-order valence-corrected chi connectivity index (χ4v) is 4.36. The molecule has 3 aromatic rings. The number of benzene rings is 2. The Kier molecular flexibility index (Phi) is 6.08. The average Bonchev–Trinajstić information content (AvgIpc) is 2.73. The maximum atomic E-state index is 13.9. The van der Waals surface area contributed by atoms with Crippen LogP contribution in [-0.4, -0.2) is 27.5 Å². The van der Waals surface area contributed by atoms with E-state index in [1.807, 2.05) is 19.1 Å². The maximum Gasteiger partial charge on any atom is 0.421 e. The molecule has 8 nitrogen and oxygen atoms in total. The zero-order valence-electron chi connectivity index (χ0n) is 19.6. The van der Waals surface area contributed by atoms with E-state index in [4.69, 9.17) is 4.74 Å². The molecule has 8 heteroatoms. The lowest BCUT2D eigenvalue weighted by atomic mass is 9.68. The van der Waals surface area contributed by atoms with Crippen molar-refractivity contribution < 1.29 is 19.2 Å². The second-order valence-corrected chi connectivity index (χ2v) is 9.59. The standard InChI is InChI=1S/C26H27N3O5/c1-16-10-11-18(29(32)33)15-21(16)19-12-13-20(19)24(30)28(25(31)34-26(2,3)4)22-9-5-7-17-8-6-14-27-23(17)22/h5-11,14-15,19-20H,12-13H2,1-4H3/t19-,20+/m0/s1. The van der Waals surface area contributed by atoms with Gasteiger partial charge in [0.05, 0.1) is 16.1 Å². The number of hydrogen-bond acceptors (Lipinski definition) is 6. The molecule has 2 aromatic carbocycles. The minimum absolute atomic E-state index is 0.0130. The summed E-state index contributed by atoms with van der Waals surface area (Å²) < 4.78 is 5.61. The fourth-order valence-electron chi connectivity index (χ4n) is 4.36. The van der Waals surface area contributed by atoms with Gasteiger partial charge in [0, 0.05) is 29.6 Å². The van der Waals surface area contributed by atoms with Crippen molar-refractivity contribution in [3.63, 3.8) is 0 Å². The Morgan fingerprint density at radius 2 is 1.85 bits per heavy atom. The summed E-state index contributed by atoms with van der Waals surface area (Å²) in [7, 11) is 0. The first-order valence-electron chi connectivity index (χ1n) is 11.2. The van der Waals surface area contributed by atoms with Crippen molar-refractivity contribution in [1.82, 2.24) is 4.98 Å². The molecular weight excluding hydrogens is 434 g/mol. The highest BCUT2D eigenvalue weighted by atomic mass is 16.6. The third-order valence-electron chi connectivity index (χ3n) is 6.11. The molecule has 0 unspecified atom stereocenters. The van der Waals surface area contributed by atoms with Crippen LogP contribution in [0, 0.1) is 23.0 Å². The van der Waals surface area contributed by atoms with Crippen molar-refractivity contribution in [2.45, 2.75) is 52.1 Å². The molecule has 1 saturated carbocycles. The summed E-state index contributed by atoms with van der Waals surface area (Å²) in [5.41, 5.74) is 1.71. The van der Waals surface area contributed by atoms with E-state index < -0.39 is 28.4 Å². The Hall–Kier alpha value is -3.81. The Morgan fingerprint density at radius 3 is 2.50 bits per heavy atom. The van der Waals surface area contributed by atoms with Crippen molar-refractivity contribution >= 4 is 34.3 Å². The molecule has 0 bridgehead atoms. The zero-order valence-corrected chi connectivity index (χ0v) is 19.6. The van der Waals surface area contributed by atoms with Crippen LogP contribution in [0.5, 0.6) is 0 Å². The first kappa shape index (κ1) is 23.4. The molecule has 2 atom stereocenters. The van der Waals surface area contributed by atoms with Gasteiger partial charge in [0.25, 0.3) is 5.69 Å². The molecule has 0 aliphatic heterocycles. The third kappa shape index (κ3) is 4.48. The number of para-hydroxylation sites is 1. The van der Waals surface area contributed by atoms with Gasteiger partial charge in [-0.05, 0) is 69.7 Å². The number of pyridine rings is 1. The molecule has 0 radical (unpaired) electrons. The Balaban J connectivity index is 1.75. The summed E-state index contributed by atoms with van der Waals surface area (Å²) in [6.07, 6.45) is 2.12. The number of nitro groups is 1. The molecule has 1 aromatic heterocycles. The van der Waals surface area contributed by atoms with E-state index in [0.29, 0.717) is 24.0 Å². The number of carbonyl (C=O) groups is 2. The van der Waals surface area contributed by atoms with Gasteiger partial charge in [0.15, 0.2) is 0 Å². The number of imide groups is 1. The molecule has 34 heavy (non-hydrogen) atoms. The van der Waals surface area contributed by atoms with Crippen LogP contribution >= 0.6 is 0 Å². The van der Waals surface area contributed by atoms with Gasteiger partial charge < -0.3 is 4.74 Å². The number of hydrogen-bond donors (Lipinski definition) is 0. The van der Waals surface area contributed by atoms with Crippen molar-refractivity contribution in [1.29, 1.82) is 0 Å². The van der Waals surface area contributed by atoms with Crippen molar-refractivity contribution in [2.24, 2.45) is 5.92 Å². The van der Waals surface area contributed by atoms with E-state index in [2.05, 4.69) is 4.98 Å². The zero-order chi connectivity index (χ0) is 24.6. The molecule has 1 fully saturated rings. The van der Waals surface area contributed by atoms with Crippen LogP contribution in [0.3, 0.4) is 0 Å². The van der Waals surface area contributed by atoms with Gasteiger partial charge >= 0.3 is 6.09 Å². The van der Waals surface area contributed by atoms with Crippen molar-refractivity contribution in [3.8, 4) is 0 Å². The third-order valence-corrected chi connectivity index (χ3v) is 6.11. The van der Waals surface area contributed by atoms with Gasteiger partial charge in [0.1, 0.15) is 5.60 Å². The van der Waals surface area contributed by atoms with Crippen molar-refractivity contribution in [3.05, 3.63) is 76.0 Å². The summed E-state index contributed by atoms with van der Waals surface area (Å²) in [6, 6.07) is 13.7. The number of carbonyl (C=O) groups excluding carboxylic acids is 2. The van der Waals surface area contributed by atoms with E-state index in [9.17, 15) is 19.7 Å². The number of nitro benzene ring substituents is 1. The number of non-ortho nitro benzene ring substituents is 1. The predicted octanol–water partition coefficient (Wildman–Crippen LogP) is 5.91. The van der Waals surface area contributed by atoms with Crippen LogP contribution in [0.25, 0.3) is 10.9 Å².